The number of likely N-dealkylation sites (tertiary alicyclic amines) is 1. The number of benzene rings is 1. The fraction of sp³-hybridized carbons (Fsp3) is 0.500. The number of thioether (sulfide) groups is 1. The van der Waals surface area contributed by atoms with E-state index in [0.717, 1.165) is 30.0 Å². The van der Waals surface area contributed by atoms with Crippen molar-refractivity contribution in [1.29, 1.82) is 0 Å². The second-order valence-corrected chi connectivity index (χ2v) is 5.55. The topological polar surface area (TPSA) is 20.3 Å². The lowest BCUT2D eigenvalue weighted by atomic mass is 9.99. The molecule has 1 aromatic carbocycles. The predicted octanol–water partition coefficient (Wildman–Crippen LogP) is 3.28. The van der Waals surface area contributed by atoms with Crippen LogP contribution in [0.5, 0.6) is 0 Å². The predicted molar refractivity (Wildman–Crippen MR) is 72.5 cm³/mol. The number of carbonyl (C=O) groups is 1. The zero-order valence-electron chi connectivity index (χ0n) is 10.5. The second-order valence-electron chi connectivity index (χ2n) is 4.70. The lowest BCUT2D eigenvalue weighted by Gasteiger charge is -2.31. The van der Waals surface area contributed by atoms with Crippen LogP contribution in [0.2, 0.25) is 0 Å². The number of rotatable bonds is 2. The van der Waals surface area contributed by atoms with E-state index < -0.39 is 0 Å². The minimum absolute atomic E-state index is 0.196. The number of amides is 1. The maximum absolute atomic E-state index is 12.4. The molecular weight excluding hydrogens is 230 g/mol. The van der Waals surface area contributed by atoms with Gasteiger partial charge in [-0.2, -0.15) is 0 Å². The minimum Gasteiger partial charge on any atom is -0.338 e. The van der Waals surface area contributed by atoms with Crippen LogP contribution in [0.25, 0.3) is 0 Å². The molecule has 0 saturated carbocycles. The summed E-state index contributed by atoms with van der Waals surface area (Å²) in [6.45, 7) is 4.04. The van der Waals surface area contributed by atoms with Gasteiger partial charge in [-0.3, -0.25) is 4.79 Å². The van der Waals surface area contributed by atoms with E-state index in [4.69, 9.17) is 0 Å². The van der Waals surface area contributed by atoms with Crippen molar-refractivity contribution in [3.05, 3.63) is 29.8 Å². The van der Waals surface area contributed by atoms with Crippen LogP contribution >= 0.6 is 11.8 Å². The van der Waals surface area contributed by atoms with Crippen LogP contribution in [0.15, 0.2) is 29.2 Å². The molecule has 1 fully saturated rings. The monoisotopic (exact) mass is 249 g/mol. The van der Waals surface area contributed by atoms with Gasteiger partial charge in [-0.15, -0.1) is 11.8 Å². The average molecular weight is 249 g/mol. The summed E-state index contributed by atoms with van der Waals surface area (Å²) in [6, 6.07) is 7.89. The van der Waals surface area contributed by atoms with Crippen LogP contribution in [0.1, 0.15) is 30.1 Å². The van der Waals surface area contributed by atoms with Crippen LogP contribution in [0, 0.1) is 5.92 Å². The van der Waals surface area contributed by atoms with Crippen molar-refractivity contribution in [2.75, 3.05) is 19.3 Å². The van der Waals surface area contributed by atoms with Crippen molar-refractivity contribution >= 4 is 17.7 Å². The summed E-state index contributed by atoms with van der Waals surface area (Å²) >= 11 is 1.64. The first kappa shape index (κ1) is 12.5. The van der Waals surface area contributed by atoms with E-state index in [1.165, 1.54) is 6.42 Å². The molecule has 1 saturated heterocycles. The molecule has 1 aromatic rings. The van der Waals surface area contributed by atoms with Gasteiger partial charge in [0.15, 0.2) is 0 Å². The Labute approximate surface area is 107 Å². The summed E-state index contributed by atoms with van der Waals surface area (Å²) in [5, 5.41) is 0. The van der Waals surface area contributed by atoms with Gasteiger partial charge in [0.2, 0.25) is 0 Å². The van der Waals surface area contributed by atoms with Gasteiger partial charge in [-0.25, -0.2) is 0 Å². The number of hydrogen-bond donors (Lipinski definition) is 0. The maximum Gasteiger partial charge on any atom is 0.254 e. The van der Waals surface area contributed by atoms with Gasteiger partial charge in [-0.1, -0.05) is 19.1 Å². The molecule has 1 aliphatic heterocycles. The summed E-state index contributed by atoms with van der Waals surface area (Å²) in [6.07, 6.45) is 4.40. The highest BCUT2D eigenvalue weighted by molar-refractivity contribution is 7.98. The van der Waals surface area contributed by atoms with E-state index in [-0.39, 0.29) is 5.91 Å². The van der Waals surface area contributed by atoms with Crippen molar-refractivity contribution in [1.82, 2.24) is 4.90 Å². The van der Waals surface area contributed by atoms with E-state index in [1.54, 1.807) is 11.8 Å². The lowest BCUT2D eigenvalue weighted by molar-refractivity contribution is 0.0679. The largest absolute Gasteiger partial charge is 0.338 e. The van der Waals surface area contributed by atoms with Gasteiger partial charge in [0.25, 0.3) is 5.91 Å². The Hall–Kier alpha value is -0.960. The van der Waals surface area contributed by atoms with E-state index in [2.05, 4.69) is 6.92 Å². The Bertz CT molecular complexity index is 405. The van der Waals surface area contributed by atoms with E-state index >= 15 is 0 Å². The molecule has 1 amide bonds. The van der Waals surface area contributed by atoms with Crippen molar-refractivity contribution in [3.63, 3.8) is 0 Å². The van der Waals surface area contributed by atoms with Gasteiger partial charge in [0.05, 0.1) is 5.56 Å². The maximum atomic E-state index is 12.4. The molecule has 0 radical (unpaired) electrons. The van der Waals surface area contributed by atoms with Crippen LogP contribution in [0.3, 0.4) is 0 Å². The molecule has 1 heterocycles. The zero-order chi connectivity index (χ0) is 12.3. The molecule has 0 aliphatic carbocycles. The Morgan fingerprint density at radius 3 is 2.88 bits per heavy atom. The van der Waals surface area contributed by atoms with Crippen molar-refractivity contribution in [2.24, 2.45) is 5.92 Å². The number of piperidine rings is 1. The Morgan fingerprint density at radius 1 is 1.41 bits per heavy atom. The second kappa shape index (κ2) is 5.58. The fourth-order valence-corrected chi connectivity index (χ4v) is 2.96. The average Bonchev–Trinajstić information content (AvgIpc) is 2.38. The first-order valence-corrected chi connectivity index (χ1v) is 7.37. The molecule has 2 rings (SSSR count). The quantitative estimate of drug-likeness (QED) is 0.750. The summed E-state index contributed by atoms with van der Waals surface area (Å²) < 4.78 is 0. The molecule has 0 bridgehead atoms. The zero-order valence-corrected chi connectivity index (χ0v) is 11.3. The van der Waals surface area contributed by atoms with Crippen LogP contribution in [-0.2, 0) is 0 Å². The Morgan fingerprint density at radius 2 is 2.18 bits per heavy atom. The lowest BCUT2D eigenvalue weighted by Crippen LogP contribution is -2.39. The molecule has 1 atom stereocenters. The highest BCUT2D eigenvalue weighted by atomic mass is 32.2. The summed E-state index contributed by atoms with van der Waals surface area (Å²) in [5.74, 6) is 0.829. The molecule has 0 spiro atoms. The number of hydrogen-bond acceptors (Lipinski definition) is 2. The smallest absolute Gasteiger partial charge is 0.254 e. The first-order chi connectivity index (χ1) is 8.22. The van der Waals surface area contributed by atoms with Gasteiger partial charge < -0.3 is 4.90 Å². The van der Waals surface area contributed by atoms with Gasteiger partial charge in [0.1, 0.15) is 0 Å². The van der Waals surface area contributed by atoms with Gasteiger partial charge >= 0.3 is 0 Å². The summed E-state index contributed by atoms with van der Waals surface area (Å²) in [7, 11) is 0. The molecule has 1 aliphatic rings. The third kappa shape index (κ3) is 2.83. The SMILES string of the molecule is CSc1ccccc1C(=O)N1CCC[C@H](C)C1. The van der Waals surface area contributed by atoms with Crippen molar-refractivity contribution in [3.8, 4) is 0 Å². The number of carbonyl (C=O) groups excluding carboxylic acids is 1. The molecule has 0 aromatic heterocycles. The van der Waals surface area contributed by atoms with E-state index in [1.807, 2.05) is 35.4 Å². The van der Waals surface area contributed by atoms with Crippen LogP contribution in [-0.4, -0.2) is 30.2 Å². The van der Waals surface area contributed by atoms with E-state index in [0.29, 0.717) is 5.92 Å². The molecule has 92 valence electrons. The normalized spacial score (nSPS) is 20.4. The summed E-state index contributed by atoms with van der Waals surface area (Å²) in [4.78, 5) is 15.5. The highest BCUT2D eigenvalue weighted by Gasteiger charge is 2.23. The molecule has 17 heavy (non-hydrogen) atoms. The van der Waals surface area contributed by atoms with Crippen molar-refractivity contribution in [2.45, 2.75) is 24.7 Å². The molecule has 0 N–H and O–H groups in total. The number of nitrogens with zero attached hydrogens (tertiary/aromatic N) is 1. The third-order valence-corrected chi connectivity index (χ3v) is 4.08. The molecule has 2 nitrogen and oxygen atoms in total. The standard InChI is InChI=1S/C14H19NOS/c1-11-6-5-9-15(10-11)14(16)12-7-3-4-8-13(12)17-2/h3-4,7-8,11H,5-6,9-10H2,1-2H3/t11-/m0/s1. The first-order valence-electron chi connectivity index (χ1n) is 6.14. The third-order valence-electron chi connectivity index (χ3n) is 3.28. The van der Waals surface area contributed by atoms with Crippen LogP contribution in [0.4, 0.5) is 0 Å². The van der Waals surface area contributed by atoms with Crippen molar-refractivity contribution < 1.29 is 4.79 Å². The van der Waals surface area contributed by atoms with Gasteiger partial charge in [-0.05, 0) is 37.1 Å². The molecule has 0 unspecified atom stereocenters. The molecule has 3 heteroatoms. The minimum atomic E-state index is 0.196. The van der Waals surface area contributed by atoms with E-state index in [9.17, 15) is 4.79 Å². The molecular formula is C14H19NOS. The highest BCUT2D eigenvalue weighted by Crippen LogP contribution is 2.24. The van der Waals surface area contributed by atoms with Gasteiger partial charge in [0, 0.05) is 18.0 Å². The van der Waals surface area contributed by atoms with Crippen LogP contribution < -0.4 is 0 Å². The Kier molecular flexibility index (Phi) is 4.11. The Balaban J connectivity index is 2.18. The fourth-order valence-electron chi connectivity index (χ4n) is 2.37. The summed E-state index contributed by atoms with van der Waals surface area (Å²) in [5.41, 5.74) is 0.856.